The van der Waals surface area contributed by atoms with E-state index in [2.05, 4.69) is 0 Å². The number of nitrogen functional groups attached to an aromatic ring is 1. The van der Waals surface area contributed by atoms with Crippen molar-refractivity contribution in [3.63, 3.8) is 0 Å². The summed E-state index contributed by atoms with van der Waals surface area (Å²) >= 11 is 5.59. The van der Waals surface area contributed by atoms with Crippen LogP contribution in [0, 0.1) is 11.6 Å². The molecule has 0 atom stereocenters. The third-order valence-electron chi connectivity index (χ3n) is 2.64. The van der Waals surface area contributed by atoms with Crippen molar-refractivity contribution in [3.05, 3.63) is 47.0 Å². The minimum absolute atomic E-state index is 0.0126. The highest BCUT2D eigenvalue weighted by molar-refractivity contribution is 6.30. The van der Waals surface area contributed by atoms with Gasteiger partial charge in [0.15, 0.2) is 17.3 Å². The lowest BCUT2D eigenvalue weighted by molar-refractivity contribution is 0.299. The minimum atomic E-state index is -0.614. The summed E-state index contributed by atoms with van der Waals surface area (Å²) in [6.07, 6.45) is 0.738. The summed E-state index contributed by atoms with van der Waals surface area (Å²) in [5, 5.41) is -0.0126. The predicted octanol–water partition coefficient (Wildman–Crippen LogP) is 4.78. The van der Waals surface area contributed by atoms with Crippen LogP contribution in [0.4, 0.5) is 14.5 Å². The van der Waals surface area contributed by atoms with Crippen LogP contribution in [-0.4, -0.2) is 6.61 Å². The van der Waals surface area contributed by atoms with Crippen LogP contribution >= 0.6 is 11.6 Å². The second-order valence-corrected chi connectivity index (χ2v) is 4.75. The molecule has 112 valence electrons. The molecular weight excluding hydrogens is 300 g/mol. The number of ether oxygens (including phenoxy) is 2. The molecule has 0 aliphatic rings. The molecule has 0 spiro atoms. The number of rotatable bonds is 5. The normalized spacial score (nSPS) is 10.5. The molecule has 2 N–H and O–H groups in total. The SMILES string of the molecule is CCCOc1cc(Oc2ccc(Cl)c(F)c2)c(N)cc1F. The Morgan fingerprint density at radius 1 is 1.10 bits per heavy atom. The highest BCUT2D eigenvalue weighted by Gasteiger charge is 2.12. The standard InChI is InChI=1S/C15H14ClF2NO2/c1-2-5-20-14-8-15(13(19)7-12(14)18)21-9-3-4-10(16)11(17)6-9/h3-4,6-8H,2,5,19H2,1H3. The van der Waals surface area contributed by atoms with Gasteiger partial charge in [-0.2, -0.15) is 0 Å². The summed E-state index contributed by atoms with van der Waals surface area (Å²) in [6, 6.07) is 6.42. The van der Waals surface area contributed by atoms with E-state index in [9.17, 15) is 8.78 Å². The van der Waals surface area contributed by atoms with Gasteiger partial charge in [-0.15, -0.1) is 0 Å². The smallest absolute Gasteiger partial charge is 0.167 e. The van der Waals surface area contributed by atoms with Crippen molar-refractivity contribution in [2.75, 3.05) is 12.3 Å². The molecule has 0 saturated heterocycles. The van der Waals surface area contributed by atoms with Gasteiger partial charge in [-0.3, -0.25) is 0 Å². The largest absolute Gasteiger partial charge is 0.490 e. The van der Waals surface area contributed by atoms with E-state index in [4.69, 9.17) is 26.8 Å². The lowest BCUT2D eigenvalue weighted by atomic mass is 10.2. The maximum absolute atomic E-state index is 13.7. The first kappa shape index (κ1) is 15.4. The second-order valence-electron chi connectivity index (χ2n) is 4.35. The molecule has 0 aromatic heterocycles. The minimum Gasteiger partial charge on any atom is -0.490 e. The molecule has 0 aliphatic carbocycles. The van der Waals surface area contributed by atoms with Gasteiger partial charge < -0.3 is 15.2 Å². The van der Waals surface area contributed by atoms with Crippen LogP contribution < -0.4 is 15.2 Å². The van der Waals surface area contributed by atoms with E-state index in [1.165, 1.54) is 18.2 Å². The summed E-state index contributed by atoms with van der Waals surface area (Å²) in [7, 11) is 0. The van der Waals surface area contributed by atoms with E-state index in [0.29, 0.717) is 6.61 Å². The maximum atomic E-state index is 13.7. The topological polar surface area (TPSA) is 44.5 Å². The van der Waals surface area contributed by atoms with Crippen molar-refractivity contribution in [2.45, 2.75) is 13.3 Å². The first-order valence-corrected chi connectivity index (χ1v) is 6.73. The van der Waals surface area contributed by atoms with Gasteiger partial charge in [0.2, 0.25) is 0 Å². The van der Waals surface area contributed by atoms with Crippen molar-refractivity contribution < 1.29 is 18.3 Å². The van der Waals surface area contributed by atoms with Gasteiger partial charge in [0.25, 0.3) is 0 Å². The number of benzene rings is 2. The van der Waals surface area contributed by atoms with Gasteiger partial charge in [-0.05, 0) is 18.6 Å². The van der Waals surface area contributed by atoms with Gasteiger partial charge in [0, 0.05) is 18.2 Å². The highest BCUT2D eigenvalue weighted by atomic mass is 35.5. The van der Waals surface area contributed by atoms with Gasteiger partial charge in [-0.1, -0.05) is 18.5 Å². The molecule has 3 nitrogen and oxygen atoms in total. The Balaban J connectivity index is 2.28. The van der Waals surface area contributed by atoms with E-state index < -0.39 is 11.6 Å². The van der Waals surface area contributed by atoms with Crippen LogP contribution in [0.25, 0.3) is 0 Å². The number of anilines is 1. The number of halogens is 3. The third-order valence-corrected chi connectivity index (χ3v) is 2.95. The van der Waals surface area contributed by atoms with Gasteiger partial charge in [-0.25, -0.2) is 8.78 Å². The first-order valence-electron chi connectivity index (χ1n) is 6.36. The fraction of sp³-hybridized carbons (Fsp3) is 0.200. The highest BCUT2D eigenvalue weighted by Crippen LogP contribution is 2.34. The Morgan fingerprint density at radius 3 is 2.52 bits per heavy atom. The van der Waals surface area contributed by atoms with Crippen molar-refractivity contribution in [3.8, 4) is 17.2 Å². The zero-order valence-electron chi connectivity index (χ0n) is 11.3. The van der Waals surface area contributed by atoms with Crippen molar-refractivity contribution in [1.29, 1.82) is 0 Å². The Kier molecular flexibility index (Phi) is 4.85. The van der Waals surface area contributed by atoms with Crippen LogP contribution in [-0.2, 0) is 0 Å². The number of nitrogens with two attached hydrogens (primary N) is 1. The molecule has 2 rings (SSSR count). The van der Waals surface area contributed by atoms with E-state index in [1.807, 2.05) is 6.92 Å². The molecule has 0 unspecified atom stereocenters. The van der Waals surface area contributed by atoms with Crippen molar-refractivity contribution >= 4 is 17.3 Å². The van der Waals surface area contributed by atoms with Crippen LogP contribution in [0.15, 0.2) is 30.3 Å². The summed E-state index contributed by atoms with van der Waals surface area (Å²) in [5.74, 6) is -0.760. The molecule has 0 bridgehead atoms. The lowest BCUT2D eigenvalue weighted by Gasteiger charge is -2.12. The van der Waals surface area contributed by atoms with Crippen molar-refractivity contribution in [2.24, 2.45) is 0 Å². The molecule has 0 aliphatic heterocycles. The van der Waals surface area contributed by atoms with Crippen LogP contribution in [0.3, 0.4) is 0 Å². The van der Waals surface area contributed by atoms with E-state index in [-0.39, 0.29) is 28.0 Å². The summed E-state index contributed by atoms with van der Waals surface area (Å²) in [4.78, 5) is 0. The zero-order valence-corrected chi connectivity index (χ0v) is 12.1. The molecule has 2 aromatic carbocycles. The van der Waals surface area contributed by atoms with Crippen molar-refractivity contribution in [1.82, 2.24) is 0 Å². The van der Waals surface area contributed by atoms with E-state index >= 15 is 0 Å². The van der Waals surface area contributed by atoms with Crippen LogP contribution in [0.5, 0.6) is 17.2 Å². The molecule has 6 heteroatoms. The Hall–Kier alpha value is -2.01. The van der Waals surface area contributed by atoms with Crippen LogP contribution in [0.2, 0.25) is 5.02 Å². The second kappa shape index (κ2) is 6.63. The van der Waals surface area contributed by atoms with E-state index in [0.717, 1.165) is 18.6 Å². The molecule has 2 aromatic rings. The fourth-order valence-corrected chi connectivity index (χ4v) is 1.75. The maximum Gasteiger partial charge on any atom is 0.167 e. The number of hydrogen-bond acceptors (Lipinski definition) is 3. The molecule has 0 fully saturated rings. The van der Waals surface area contributed by atoms with E-state index in [1.54, 1.807) is 0 Å². The summed E-state index contributed by atoms with van der Waals surface area (Å²) in [6.45, 7) is 2.28. The summed E-state index contributed by atoms with van der Waals surface area (Å²) < 4.78 is 37.7. The molecule has 0 amide bonds. The zero-order chi connectivity index (χ0) is 15.4. The Morgan fingerprint density at radius 2 is 1.86 bits per heavy atom. The van der Waals surface area contributed by atoms with Gasteiger partial charge in [0.1, 0.15) is 11.6 Å². The molecule has 0 radical (unpaired) electrons. The lowest BCUT2D eigenvalue weighted by Crippen LogP contribution is -2.00. The average molecular weight is 314 g/mol. The predicted molar refractivity (Wildman–Crippen MR) is 78.1 cm³/mol. The third kappa shape index (κ3) is 3.76. The van der Waals surface area contributed by atoms with Gasteiger partial charge >= 0.3 is 0 Å². The fourth-order valence-electron chi connectivity index (χ4n) is 1.63. The molecule has 0 heterocycles. The summed E-state index contributed by atoms with van der Waals surface area (Å²) in [5.41, 5.74) is 5.78. The first-order chi connectivity index (χ1) is 10.0. The average Bonchev–Trinajstić information content (AvgIpc) is 2.44. The molecule has 0 saturated carbocycles. The number of hydrogen-bond donors (Lipinski definition) is 1. The molecular formula is C15H14ClF2NO2. The van der Waals surface area contributed by atoms with Gasteiger partial charge in [0.05, 0.1) is 17.3 Å². The Labute approximate surface area is 126 Å². The Bertz CT molecular complexity index is 650. The quantitative estimate of drug-likeness (QED) is 0.808. The van der Waals surface area contributed by atoms with Crippen LogP contribution in [0.1, 0.15) is 13.3 Å². The monoisotopic (exact) mass is 313 g/mol. The molecule has 21 heavy (non-hydrogen) atoms.